The Kier molecular flexibility index (Phi) is 3.70. The summed E-state index contributed by atoms with van der Waals surface area (Å²) in [7, 11) is 2.31. The summed E-state index contributed by atoms with van der Waals surface area (Å²) in [4.78, 5) is 0. The molecule has 1 aromatic rings. The zero-order chi connectivity index (χ0) is 10.6. The molecule has 0 radical (unpaired) electrons. The summed E-state index contributed by atoms with van der Waals surface area (Å²) in [5, 5.41) is 0. The Hall–Kier alpha value is -0.820. The fourth-order valence-electron chi connectivity index (χ4n) is 1.87. The summed E-state index contributed by atoms with van der Waals surface area (Å²) in [6, 6.07) is 8.93. The molecular formula is C13H22N+. The maximum Gasteiger partial charge on any atom is 0.132 e. The van der Waals surface area contributed by atoms with E-state index in [-0.39, 0.29) is 0 Å². The van der Waals surface area contributed by atoms with Crippen LogP contribution in [0.5, 0.6) is 0 Å². The Balaban J connectivity index is 2.94. The van der Waals surface area contributed by atoms with Gasteiger partial charge in [0.2, 0.25) is 0 Å². The van der Waals surface area contributed by atoms with Gasteiger partial charge in [0.05, 0.1) is 20.1 Å². The summed E-state index contributed by atoms with van der Waals surface area (Å²) in [5.74, 6) is 0. The van der Waals surface area contributed by atoms with Gasteiger partial charge in [0.15, 0.2) is 0 Å². The minimum Gasteiger partial charge on any atom is -0.294 e. The summed E-state index contributed by atoms with van der Waals surface area (Å²) >= 11 is 0. The van der Waals surface area contributed by atoms with Crippen LogP contribution in [0.3, 0.4) is 0 Å². The highest BCUT2D eigenvalue weighted by Crippen LogP contribution is 2.21. The van der Waals surface area contributed by atoms with Crippen LogP contribution in [0.4, 0.5) is 5.69 Å². The molecule has 0 bridgehead atoms. The Morgan fingerprint density at radius 3 is 2.07 bits per heavy atom. The molecule has 0 aromatic heterocycles. The van der Waals surface area contributed by atoms with E-state index in [4.69, 9.17) is 0 Å². The lowest BCUT2D eigenvalue weighted by molar-refractivity contribution is 0.346. The fourth-order valence-corrected chi connectivity index (χ4v) is 1.87. The Labute approximate surface area is 88.0 Å². The van der Waals surface area contributed by atoms with Gasteiger partial charge < -0.3 is 0 Å². The van der Waals surface area contributed by atoms with Crippen molar-refractivity contribution in [3.8, 4) is 0 Å². The van der Waals surface area contributed by atoms with Crippen LogP contribution in [-0.4, -0.2) is 20.1 Å². The molecule has 1 aromatic carbocycles. The number of hydrogen-bond donors (Lipinski definition) is 0. The third-order valence-electron chi connectivity index (χ3n) is 3.07. The standard InChI is InChI=1S/C13H22N/c1-5-11-14(4,6-2)13-9-7-12(3)8-10-13/h7-10H,5-6,11H2,1-4H3/q+1. The zero-order valence-electron chi connectivity index (χ0n) is 9.88. The number of nitrogens with zero attached hydrogens (tertiary/aromatic N) is 1. The van der Waals surface area contributed by atoms with Crippen molar-refractivity contribution >= 4 is 5.69 Å². The smallest absolute Gasteiger partial charge is 0.132 e. The van der Waals surface area contributed by atoms with Gasteiger partial charge in [-0.1, -0.05) is 24.6 Å². The molecule has 14 heavy (non-hydrogen) atoms. The predicted molar refractivity (Wildman–Crippen MR) is 64.6 cm³/mol. The van der Waals surface area contributed by atoms with E-state index in [0.717, 1.165) is 11.0 Å². The number of aryl methyl sites for hydroxylation is 1. The average molecular weight is 192 g/mol. The predicted octanol–water partition coefficient (Wildman–Crippen LogP) is 3.36. The van der Waals surface area contributed by atoms with Crippen LogP contribution in [0.1, 0.15) is 25.8 Å². The van der Waals surface area contributed by atoms with Crippen LogP contribution in [0, 0.1) is 6.92 Å². The quantitative estimate of drug-likeness (QED) is 0.642. The molecule has 0 saturated heterocycles. The number of hydrogen-bond acceptors (Lipinski definition) is 0. The van der Waals surface area contributed by atoms with Gasteiger partial charge in [0.25, 0.3) is 0 Å². The largest absolute Gasteiger partial charge is 0.294 e. The molecule has 1 atom stereocenters. The molecule has 1 heteroatoms. The summed E-state index contributed by atoms with van der Waals surface area (Å²) in [6.07, 6.45) is 1.23. The van der Waals surface area contributed by atoms with Crippen LogP contribution < -0.4 is 4.48 Å². The summed E-state index contributed by atoms with van der Waals surface area (Å²) in [6.45, 7) is 9.03. The van der Waals surface area contributed by atoms with Gasteiger partial charge in [0, 0.05) is 0 Å². The fraction of sp³-hybridized carbons (Fsp3) is 0.538. The molecule has 0 amide bonds. The lowest BCUT2D eigenvalue weighted by atomic mass is 10.2. The third kappa shape index (κ3) is 2.36. The van der Waals surface area contributed by atoms with Crippen molar-refractivity contribution in [3.05, 3.63) is 29.8 Å². The molecule has 0 saturated carbocycles. The average Bonchev–Trinajstić information content (AvgIpc) is 2.19. The van der Waals surface area contributed by atoms with Gasteiger partial charge in [0.1, 0.15) is 5.69 Å². The lowest BCUT2D eigenvalue weighted by Gasteiger charge is -2.32. The second-order valence-electron chi connectivity index (χ2n) is 4.27. The van der Waals surface area contributed by atoms with Crippen molar-refractivity contribution in [3.63, 3.8) is 0 Å². The normalized spacial score (nSPS) is 15.1. The monoisotopic (exact) mass is 192 g/mol. The van der Waals surface area contributed by atoms with Crippen LogP contribution in [-0.2, 0) is 0 Å². The second kappa shape index (κ2) is 4.61. The lowest BCUT2D eigenvalue weighted by Crippen LogP contribution is -2.45. The Bertz CT molecular complexity index is 276. The molecule has 78 valence electrons. The third-order valence-corrected chi connectivity index (χ3v) is 3.07. The van der Waals surface area contributed by atoms with Crippen LogP contribution in [0.2, 0.25) is 0 Å². The molecule has 0 aliphatic rings. The van der Waals surface area contributed by atoms with Crippen LogP contribution in [0.25, 0.3) is 0 Å². The molecule has 0 heterocycles. The molecule has 0 spiro atoms. The van der Waals surface area contributed by atoms with Gasteiger partial charge in [-0.15, -0.1) is 0 Å². The summed E-state index contributed by atoms with van der Waals surface area (Å²) in [5.41, 5.74) is 2.77. The highest BCUT2D eigenvalue weighted by atomic mass is 15.3. The van der Waals surface area contributed by atoms with Crippen molar-refractivity contribution in [1.82, 2.24) is 4.48 Å². The Morgan fingerprint density at radius 2 is 1.64 bits per heavy atom. The first kappa shape index (κ1) is 11.3. The van der Waals surface area contributed by atoms with E-state index in [1.807, 2.05) is 0 Å². The Morgan fingerprint density at radius 1 is 1.07 bits per heavy atom. The van der Waals surface area contributed by atoms with Crippen molar-refractivity contribution in [2.45, 2.75) is 27.2 Å². The highest BCUT2D eigenvalue weighted by molar-refractivity contribution is 5.43. The van der Waals surface area contributed by atoms with E-state index in [1.54, 1.807) is 0 Å². The molecule has 0 fully saturated rings. The SMILES string of the molecule is CCC[N+](C)(CC)c1ccc(C)cc1. The molecule has 1 unspecified atom stereocenters. The van der Waals surface area contributed by atoms with E-state index in [2.05, 4.69) is 52.1 Å². The van der Waals surface area contributed by atoms with E-state index in [0.29, 0.717) is 0 Å². The minimum atomic E-state index is 1.05. The second-order valence-corrected chi connectivity index (χ2v) is 4.27. The van der Waals surface area contributed by atoms with Gasteiger partial charge in [-0.2, -0.15) is 0 Å². The van der Waals surface area contributed by atoms with Crippen LogP contribution in [0.15, 0.2) is 24.3 Å². The maximum absolute atomic E-state index is 2.31. The molecular weight excluding hydrogens is 170 g/mol. The molecule has 0 aliphatic heterocycles. The van der Waals surface area contributed by atoms with Crippen molar-refractivity contribution < 1.29 is 0 Å². The van der Waals surface area contributed by atoms with Gasteiger partial charge in [-0.25, -0.2) is 0 Å². The maximum atomic E-state index is 2.31. The topological polar surface area (TPSA) is 0 Å². The van der Waals surface area contributed by atoms with Crippen molar-refractivity contribution in [2.24, 2.45) is 0 Å². The first-order chi connectivity index (χ1) is 6.62. The molecule has 0 aliphatic carbocycles. The summed E-state index contributed by atoms with van der Waals surface area (Å²) < 4.78 is 1.05. The molecule has 0 N–H and O–H groups in total. The van der Waals surface area contributed by atoms with E-state index < -0.39 is 0 Å². The number of benzene rings is 1. The molecule has 1 nitrogen and oxygen atoms in total. The first-order valence-corrected chi connectivity index (χ1v) is 5.54. The van der Waals surface area contributed by atoms with Gasteiger partial charge in [-0.05, 0) is 32.4 Å². The minimum absolute atomic E-state index is 1.05. The van der Waals surface area contributed by atoms with E-state index >= 15 is 0 Å². The van der Waals surface area contributed by atoms with E-state index in [1.165, 1.54) is 24.2 Å². The van der Waals surface area contributed by atoms with Gasteiger partial charge >= 0.3 is 0 Å². The van der Waals surface area contributed by atoms with Crippen molar-refractivity contribution in [1.29, 1.82) is 0 Å². The zero-order valence-corrected chi connectivity index (χ0v) is 9.88. The first-order valence-electron chi connectivity index (χ1n) is 5.54. The highest BCUT2D eigenvalue weighted by Gasteiger charge is 2.20. The van der Waals surface area contributed by atoms with Crippen molar-refractivity contribution in [2.75, 3.05) is 20.1 Å². The van der Waals surface area contributed by atoms with Crippen LogP contribution >= 0.6 is 0 Å². The van der Waals surface area contributed by atoms with E-state index in [9.17, 15) is 0 Å². The number of rotatable bonds is 4. The number of quaternary nitrogens is 1. The molecule has 1 rings (SSSR count). The van der Waals surface area contributed by atoms with Gasteiger partial charge in [-0.3, -0.25) is 4.48 Å².